The molecule has 5 rings (SSSR count). The second-order valence-corrected chi connectivity index (χ2v) is 11.6. The summed E-state index contributed by atoms with van der Waals surface area (Å²) in [6.45, 7) is 0. The molecule has 1 fully saturated rings. The molecule has 9 heteroatoms. The molecule has 0 radical (unpaired) electrons. The molecule has 7 nitrogen and oxygen atoms in total. The van der Waals surface area contributed by atoms with E-state index >= 15 is 0 Å². The molecule has 4 aromatic rings. The predicted molar refractivity (Wildman–Crippen MR) is 145 cm³/mol. The number of hydrogen-bond donors (Lipinski definition) is 0. The molecule has 0 unspecified atom stereocenters. The van der Waals surface area contributed by atoms with Crippen LogP contribution in [0.15, 0.2) is 83.0 Å². The maximum absolute atomic E-state index is 14.1. The molecule has 0 atom stereocenters. The van der Waals surface area contributed by atoms with E-state index in [0.29, 0.717) is 17.0 Å². The highest BCUT2D eigenvalue weighted by Gasteiger charge is 2.28. The number of allylic oxidation sites excluding steroid dienone is 1. The number of thioether (sulfide) groups is 1. The summed E-state index contributed by atoms with van der Waals surface area (Å²) in [6.07, 6.45) is 11.7. The monoisotopic (exact) mass is 533 g/mol. The number of aromatic nitrogens is 3. The van der Waals surface area contributed by atoms with Crippen molar-refractivity contribution in [1.82, 2.24) is 13.9 Å². The Labute approximate surface area is 220 Å². The van der Waals surface area contributed by atoms with Crippen molar-refractivity contribution < 1.29 is 17.9 Å². The third kappa shape index (κ3) is 4.93. The number of carbonyl (C=O) groups excluding carboxylic acids is 1. The average Bonchev–Trinajstić information content (AvgIpc) is 3.59. The van der Waals surface area contributed by atoms with Crippen LogP contribution >= 0.6 is 11.8 Å². The van der Waals surface area contributed by atoms with Crippen LogP contribution in [-0.4, -0.2) is 41.7 Å². The first-order valence-corrected chi connectivity index (χ1v) is 14.7. The number of pyridine rings is 2. The van der Waals surface area contributed by atoms with Gasteiger partial charge in [0.2, 0.25) is 0 Å². The van der Waals surface area contributed by atoms with Crippen LogP contribution in [0.4, 0.5) is 0 Å². The number of esters is 1. The number of ether oxygens (including phenoxy) is 1. The first-order chi connectivity index (χ1) is 17.9. The van der Waals surface area contributed by atoms with Crippen molar-refractivity contribution in [2.45, 2.75) is 35.6 Å². The molecule has 37 heavy (non-hydrogen) atoms. The van der Waals surface area contributed by atoms with Crippen molar-refractivity contribution in [3.63, 3.8) is 0 Å². The fourth-order valence-corrected chi connectivity index (χ4v) is 6.64. The highest BCUT2D eigenvalue weighted by atomic mass is 32.2. The molecule has 3 heterocycles. The lowest BCUT2D eigenvalue weighted by molar-refractivity contribution is 0.0600. The maximum Gasteiger partial charge on any atom is 0.339 e. The molecule has 1 aliphatic carbocycles. The highest BCUT2D eigenvalue weighted by molar-refractivity contribution is 7.98. The van der Waals surface area contributed by atoms with Gasteiger partial charge < -0.3 is 4.74 Å². The van der Waals surface area contributed by atoms with E-state index in [4.69, 9.17) is 4.74 Å². The SMILES string of the molecule is COC(=O)c1cnc2c(c1)cc(/C(=C/C1CCCC1)c1ccc(SC)nc1)n2S(=O)(=O)c1ccccc1. The Morgan fingerprint density at radius 3 is 2.41 bits per heavy atom. The summed E-state index contributed by atoms with van der Waals surface area (Å²) in [7, 11) is -2.72. The summed E-state index contributed by atoms with van der Waals surface area (Å²) >= 11 is 1.55. The number of nitrogens with zero attached hydrogens (tertiary/aromatic N) is 3. The third-order valence-corrected chi connectivity index (χ3v) is 9.01. The second kappa shape index (κ2) is 10.5. The zero-order valence-electron chi connectivity index (χ0n) is 20.6. The average molecular weight is 534 g/mol. The van der Waals surface area contributed by atoms with E-state index in [0.717, 1.165) is 41.8 Å². The normalized spacial score (nSPS) is 14.8. The lowest BCUT2D eigenvalue weighted by Crippen LogP contribution is -2.16. The largest absolute Gasteiger partial charge is 0.465 e. The van der Waals surface area contributed by atoms with Gasteiger partial charge in [-0.2, -0.15) is 0 Å². The van der Waals surface area contributed by atoms with Crippen LogP contribution in [0.1, 0.15) is 47.3 Å². The van der Waals surface area contributed by atoms with Crippen molar-refractivity contribution in [3.8, 4) is 0 Å². The summed E-state index contributed by atoms with van der Waals surface area (Å²) in [5.74, 6) is -0.201. The Hall–Kier alpha value is -3.43. The van der Waals surface area contributed by atoms with Crippen LogP contribution in [0, 0.1) is 5.92 Å². The smallest absolute Gasteiger partial charge is 0.339 e. The summed E-state index contributed by atoms with van der Waals surface area (Å²) in [6, 6.07) is 15.6. The van der Waals surface area contributed by atoms with E-state index in [9.17, 15) is 13.2 Å². The van der Waals surface area contributed by atoms with Gasteiger partial charge in [0.1, 0.15) is 0 Å². The molecule has 190 valence electrons. The molecule has 0 saturated heterocycles. The van der Waals surface area contributed by atoms with Gasteiger partial charge >= 0.3 is 5.97 Å². The molecule has 1 aromatic carbocycles. The number of hydrogen-bond acceptors (Lipinski definition) is 7. The fraction of sp³-hybridized carbons (Fsp3) is 0.250. The Morgan fingerprint density at radius 1 is 1.03 bits per heavy atom. The summed E-state index contributed by atoms with van der Waals surface area (Å²) in [5, 5.41) is 1.41. The Balaban J connectivity index is 1.80. The minimum absolute atomic E-state index is 0.156. The molecule has 0 N–H and O–H groups in total. The van der Waals surface area contributed by atoms with Gasteiger partial charge in [-0.05, 0) is 55.3 Å². The van der Waals surface area contributed by atoms with Gasteiger partial charge in [0.25, 0.3) is 10.0 Å². The predicted octanol–water partition coefficient (Wildman–Crippen LogP) is 5.80. The van der Waals surface area contributed by atoms with E-state index in [-0.39, 0.29) is 16.1 Å². The number of rotatable bonds is 7. The van der Waals surface area contributed by atoms with E-state index in [2.05, 4.69) is 16.0 Å². The number of methoxy groups -OCH3 is 1. The van der Waals surface area contributed by atoms with Crippen LogP contribution in [0.5, 0.6) is 0 Å². The van der Waals surface area contributed by atoms with Crippen LogP contribution < -0.4 is 0 Å². The molecule has 0 aliphatic heterocycles. The van der Waals surface area contributed by atoms with Crippen molar-refractivity contribution in [3.05, 3.63) is 89.9 Å². The maximum atomic E-state index is 14.1. The molecule has 3 aromatic heterocycles. The van der Waals surface area contributed by atoms with Crippen LogP contribution in [0.2, 0.25) is 0 Å². The lowest BCUT2D eigenvalue weighted by Gasteiger charge is -2.16. The van der Waals surface area contributed by atoms with Crippen molar-refractivity contribution in [2.75, 3.05) is 13.4 Å². The van der Waals surface area contributed by atoms with Gasteiger partial charge in [0.05, 0.1) is 28.3 Å². The molecular weight excluding hydrogens is 506 g/mol. The van der Waals surface area contributed by atoms with Gasteiger partial charge in [0.15, 0.2) is 5.65 Å². The standard InChI is InChI=1S/C28H27N3O4S2/c1-35-28(32)22-15-21-16-25(31(27(21)30-18-22)37(33,34)23-10-4-3-5-11-23)24(14-19-8-6-7-9-19)20-12-13-26(36-2)29-17-20/h3-5,10-19H,6-9H2,1-2H3/b24-14+. The minimum atomic E-state index is -4.02. The zero-order valence-corrected chi connectivity index (χ0v) is 22.3. The van der Waals surface area contributed by atoms with E-state index in [1.807, 2.05) is 18.4 Å². The lowest BCUT2D eigenvalue weighted by atomic mass is 9.97. The van der Waals surface area contributed by atoms with Crippen LogP contribution in [0.25, 0.3) is 16.6 Å². The van der Waals surface area contributed by atoms with Gasteiger partial charge in [-0.25, -0.2) is 27.2 Å². The minimum Gasteiger partial charge on any atom is -0.465 e. The first-order valence-electron chi connectivity index (χ1n) is 12.1. The Bertz CT molecular complexity index is 1570. The summed E-state index contributed by atoms with van der Waals surface area (Å²) in [5.41, 5.74) is 2.59. The zero-order chi connectivity index (χ0) is 26.0. The molecule has 0 spiro atoms. The second-order valence-electron chi connectivity index (χ2n) is 8.95. The number of fused-ring (bicyclic) bond motifs is 1. The Morgan fingerprint density at radius 2 is 1.76 bits per heavy atom. The highest BCUT2D eigenvalue weighted by Crippen LogP contribution is 2.36. The molecule has 1 saturated carbocycles. The molecule has 0 bridgehead atoms. The number of carbonyl (C=O) groups is 1. The van der Waals surface area contributed by atoms with Gasteiger partial charge in [0, 0.05) is 28.9 Å². The van der Waals surface area contributed by atoms with E-state index in [1.54, 1.807) is 60.4 Å². The van der Waals surface area contributed by atoms with Crippen LogP contribution in [0.3, 0.4) is 0 Å². The van der Waals surface area contributed by atoms with Gasteiger partial charge in [-0.1, -0.05) is 43.2 Å². The molecule has 1 aliphatic rings. The fourth-order valence-electron chi connectivity index (χ4n) is 4.78. The third-order valence-electron chi connectivity index (χ3n) is 6.64. The van der Waals surface area contributed by atoms with Crippen LogP contribution in [-0.2, 0) is 14.8 Å². The quantitative estimate of drug-likeness (QED) is 0.219. The summed E-state index contributed by atoms with van der Waals surface area (Å²) < 4.78 is 34.3. The van der Waals surface area contributed by atoms with Crippen molar-refractivity contribution in [1.29, 1.82) is 0 Å². The summed E-state index contributed by atoms with van der Waals surface area (Å²) in [4.78, 5) is 21.4. The van der Waals surface area contributed by atoms with Gasteiger partial charge in [-0.15, -0.1) is 11.8 Å². The van der Waals surface area contributed by atoms with Crippen molar-refractivity contribution >= 4 is 44.4 Å². The Kier molecular flexibility index (Phi) is 7.17. The first kappa shape index (κ1) is 25.2. The molecular formula is C28H27N3O4S2. The van der Waals surface area contributed by atoms with Crippen molar-refractivity contribution in [2.24, 2.45) is 5.92 Å². The topological polar surface area (TPSA) is 91.2 Å². The van der Waals surface area contributed by atoms with E-state index in [1.165, 1.54) is 17.3 Å². The number of benzene rings is 1. The molecule has 0 amide bonds. The van der Waals surface area contributed by atoms with Gasteiger partial charge in [-0.3, -0.25) is 0 Å². The van der Waals surface area contributed by atoms with E-state index < -0.39 is 16.0 Å².